The summed E-state index contributed by atoms with van der Waals surface area (Å²) < 4.78 is 54.3. The summed E-state index contributed by atoms with van der Waals surface area (Å²) in [4.78, 5) is 29.3. The number of imidazole rings is 1. The van der Waals surface area contributed by atoms with Crippen molar-refractivity contribution in [2.24, 2.45) is 0 Å². The number of hydrogen-bond acceptors (Lipinski definition) is 4. The van der Waals surface area contributed by atoms with Gasteiger partial charge in [-0.3, -0.25) is 4.79 Å². The maximum Gasteiger partial charge on any atom is 0.416 e. The second-order valence-corrected chi connectivity index (χ2v) is 9.05. The molecule has 0 aliphatic rings. The van der Waals surface area contributed by atoms with E-state index in [-0.39, 0.29) is 17.2 Å². The highest BCUT2D eigenvalue weighted by atomic mass is 19.4. The van der Waals surface area contributed by atoms with E-state index in [0.717, 1.165) is 18.0 Å². The molecular formula is C29H23F4N5O. The molecule has 6 nitrogen and oxygen atoms in total. The number of fused-ring (bicyclic) bond motifs is 1. The van der Waals surface area contributed by atoms with Crippen molar-refractivity contribution < 1.29 is 22.4 Å². The van der Waals surface area contributed by atoms with E-state index in [1.807, 2.05) is 0 Å². The highest BCUT2D eigenvalue weighted by Crippen LogP contribution is 2.37. The first-order valence-electron chi connectivity index (χ1n) is 12.2. The number of benzene rings is 3. The third-order valence-corrected chi connectivity index (χ3v) is 6.29. The maximum absolute atomic E-state index is 13.6. The Morgan fingerprint density at radius 1 is 0.949 bits per heavy atom. The van der Waals surface area contributed by atoms with E-state index in [4.69, 9.17) is 0 Å². The molecule has 0 spiro atoms. The third kappa shape index (κ3) is 5.79. The van der Waals surface area contributed by atoms with Crippen molar-refractivity contribution in [1.29, 1.82) is 0 Å². The van der Waals surface area contributed by atoms with Crippen molar-refractivity contribution in [3.05, 3.63) is 101 Å². The molecule has 0 aliphatic heterocycles. The number of aryl methyl sites for hydroxylation is 2. The minimum absolute atomic E-state index is 0.203. The molecule has 3 aromatic carbocycles. The van der Waals surface area contributed by atoms with E-state index in [2.05, 4.69) is 25.3 Å². The van der Waals surface area contributed by atoms with E-state index in [0.29, 0.717) is 52.8 Å². The normalized spacial score (nSPS) is 11.6. The van der Waals surface area contributed by atoms with Gasteiger partial charge in [0.25, 0.3) is 5.91 Å². The predicted molar refractivity (Wildman–Crippen MR) is 139 cm³/mol. The van der Waals surface area contributed by atoms with E-state index in [9.17, 15) is 22.4 Å². The summed E-state index contributed by atoms with van der Waals surface area (Å²) in [6.07, 6.45) is 0.223. The zero-order valence-electron chi connectivity index (χ0n) is 20.8. The Kier molecular flexibility index (Phi) is 7.10. The molecule has 0 atom stereocenters. The van der Waals surface area contributed by atoms with Crippen LogP contribution in [0.3, 0.4) is 0 Å². The van der Waals surface area contributed by atoms with Gasteiger partial charge in [-0.25, -0.2) is 19.3 Å². The van der Waals surface area contributed by atoms with E-state index >= 15 is 0 Å². The summed E-state index contributed by atoms with van der Waals surface area (Å²) in [6, 6.07) is 13.7. The Bertz CT molecular complexity index is 1630. The summed E-state index contributed by atoms with van der Waals surface area (Å²) in [6.45, 7) is 2.11. The van der Waals surface area contributed by atoms with Crippen molar-refractivity contribution in [3.8, 4) is 22.5 Å². The van der Waals surface area contributed by atoms with Crippen molar-refractivity contribution >= 4 is 16.9 Å². The Labute approximate surface area is 221 Å². The summed E-state index contributed by atoms with van der Waals surface area (Å²) in [5, 5.41) is 2.86. The van der Waals surface area contributed by atoms with Gasteiger partial charge in [0, 0.05) is 42.0 Å². The van der Waals surface area contributed by atoms with Gasteiger partial charge in [-0.05, 0) is 73.5 Å². The van der Waals surface area contributed by atoms with Crippen LogP contribution >= 0.6 is 0 Å². The largest absolute Gasteiger partial charge is 0.416 e. The molecule has 5 rings (SSSR count). The molecule has 0 aliphatic carbocycles. The van der Waals surface area contributed by atoms with Crippen LogP contribution in [0, 0.1) is 12.7 Å². The Morgan fingerprint density at radius 3 is 2.44 bits per heavy atom. The Hall–Kier alpha value is -4.60. The number of carbonyl (C=O) groups is 1. The lowest BCUT2D eigenvalue weighted by Gasteiger charge is -2.15. The second-order valence-electron chi connectivity index (χ2n) is 9.05. The zero-order valence-corrected chi connectivity index (χ0v) is 20.8. The highest BCUT2D eigenvalue weighted by molar-refractivity contribution is 5.98. The second kappa shape index (κ2) is 10.6. The molecule has 0 saturated heterocycles. The van der Waals surface area contributed by atoms with Gasteiger partial charge in [0.1, 0.15) is 11.6 Å². The fourth-order valence-corrected chi connectivity index (χ4v) is 4.24. The predicted octanol–water partition coefficient (Wildman–Crippen LogP) is 6.52. The number of nitrogens with one attached hydrogen (secondary N) is 2. The van der Waals surface area contributed by atoms with Crippen LogP contribution in [-0.2, 0) is 12.6 Å². The van der Waals surface area contributed by atoms with Gasteiger partial charge in [0.15, 0.2) is 0 Å². The molecule has 0 saturated carbocycles. The van der Waals surface area contributed by atoms with Crippen LogP contribution in [0.4, 0.5) is 17.6 Å². The molecule has 2 aromatic heterocycles. The topological polar surface area (TPSA) is 83.6 Å². The fraction of sp³-hybridized carbons (Fsp3) is 0.172. The fourth-order valence-electron chi connectivity index (χ4n) is 4.24. The summed E-state index contributed by atoms with van der Waals surface area (Å²) in [5.74, 6) is 0.0706. The molecule has 1 amide bonds. The average molecular weight is 534 g/mol. The maximum atomic E-state index is 13.6. The molecule has 39 heavy (non-hydrogen) atoms. The smallest absolute Gasteiger partial charge is 0.352 e. The monoisotopic (exact) mass is 533 g/mol. The average Bonchev–Trinajstić information content (AvgIpc) is 3.44. The standard InChI is InChI=1S/C29H23F4N5O/c1-17-4-8-20(29(31,32)33)16-22(17)27-26(18-5-9-21(30)10-6-18)37-23-11-7-19(15-24(23)38-27)28(39)36-12-2-3-25-34-13-14-35-25/h4-11,13-16H,2-3,12H2,1H3,(H,34,35)(H,36,39). The molecule has 2 heterocycles. The van der Waals surface area contributed by atoms with Crippen LogP contribution in [-0.4, -0.2) is 32.4 Å². The lowest BCUT2D eigenvalue weighted by atomic mass is 9.97. The SMILES string of the molecule is Cc1ccc(C(F)(F)F)cc1-c1nc2cc(C(=O)NCCCc3ncc[nH]3)ccc2nc1-c1ccc(F)cc1. The number of alkyl halides is 3. The molecule has 0 bridgehead atoms. The third-order valence-electron chi connectivity index (χ3n) is 6.29. The summed E-state index contributed by atoms with van der Waals surface area (Å²) >= 11 is 0. The molecule has 10 heteroatoms. The molecule has 5 aromatic rings. The molecular weight excluding hydrogens is 510 g/mol. The first-order chi connectivity index (χ1) is 18.7. The van der Waals surface area contributed by atoms with Crippen molar-refractivity contribution in [2.45, 2.75) is 25.9 Å². The van der Waals surface area contributed by atoms with Crippen LogP contribution < -0.4 is 5.32 Å². The van der Waals surface area contributed by atoms with Gasteiger partial charge in [-0.1, -0.05) is 6.07 Å². The van der Waals surface area contributed by atoms with Gasteiger partial charge >= 0.3 is 6.18 Å². The molecule has 2 N–H and O–H groups in total. The number of aromatic nitrogens is 4. The van der Waals surface area contributed by atoms with Crippen LogP contribution in [0.25, 0.3) is 33.5 Å². The zero-order chi connectivity index (χ0) is 27.6. The van der Waals surface area contributed by atoms with Crippen LogP contribution in [0.15, 0.2) is 73.1 Å². The lowest BCUT2D eigenvalue weighted by molar-refractivity contribution is -0.137. The van der Waals surface area contributed by atoms with Gasteiger partial charge in [0.05, 0.1) is 28.0 Å². The van der Waals surface area contributed by atoms with Crippen molar-refractivity contribution in [3.63, 3.8) is 0 Å². The Morgan fingerprint density at radius 2 is 1.72 bits per heavy atom. The number of amides is 1. The van der Waals surface area contributed by atoms with Crippen LogP contribution in [0.1, 0.15) is 33.7 Å². The van der Waals surface area contributed by atoms with Crippen molar-refractivity contribution in [1.82, 2.24) is 25.3 Å². The summed E-state index contributed by atoms with van der Waals surface area (Å²) in [7, 11) is 0. The number of carbonyl (C=O) groups excluding carboxylic acids is 1. The minimum atomic E-state index is -4.55. The quantitative estimate of drug-likeness (QED) is 0.184. The number of nitrogens with zero attached hydrogens (tertiary/aromatic N) is 3. The van der Waals surface area contributed by atoms with E-state index < -0.39 is 17.6 Å². The molecule has 0 fully saturated rings. The van der Waals surface area contributed by atoms with Crippen molar-refractivity contribution in [2.75, 3.05) is 6.54 Å². The number of H-pyrrole nitrogens is 1. The number of aromatic amines is 1. The molecule has 198 valence electrons. The van der Waals surface area contributed by atoms with Gasteiger partial charge < -0.3 is 10.3 Å². The number of hydrogen-bond donors (Lipinski definition) is 2. The van der Waals surface area contributed by atoms with Gasteiger partial charge in [-0.15, -0.1) is 0 Å². The molecule has 0 radical (unpaired) electrons. The van der Waals surface area contributed by atoms with Crippen LogP contribution in [0.2, 0.25) is 0 Å². The number of halogens is 4. The summed E-state index contributed by atoms with van der Waals surface area (Å²) in [5.41, 5.74) is 2.11. The van der Waals surface area contributed by atoms with E-state index in [1.165, 1.54) is 30.3 Å². The van der Waals surface area contributed by atoms with Crippen LogP contribution in [0.5, 0.6) is 0 Å². The lowest BCUT2D eigenvalue weighted by Crippen LogP contribution is -2.24. The number of rotatable bonds is 7. The minimum Gasteiger partial charge on any atom is -0.352 e. The Balaban J connectivity index is 1.53. The first kappa shape index (κ1) is 26.0. The highest BCUT2D eigenvalue weighted by Gasteiger charge is 2.31. The van der Waals surface area contributed by atoms with Gasteiger partial charge in [-0.2, -0.15) is 13.2 Å². The van der Waals surface area contributed by atoms with Gasteiger partial charge in [0.2, 0.25) is 0 Å². The molecule has 0 unspecified atom stereocenters. The first-order valence-corrected chi connectivity index (χ1v) is 12.2. The van der Waals surface area contributed by atoms with E-state index in [1.54, 1.807) is 37.5 Å².